The van der Waals surface area contributed by atoms with Crippen LogP contribution in [0.1, 0.15) is 23.7 Å². The molecule has 116 valence electrons. The molecule has 1 aliphatic rings. The van der Waals surface area contributed by atoms with E-state index in [1.165, 1.54) is 12.3 Å². The van der Waals surface area contributed by atoms with Crippen LogP contribution in [0, 0.1) is 18.7 Å². The van der Waals surface area contributed by atoms with Gasteiger partial charge in [0, 0.05) is 36.0 Å². The molecule has 1 aliphatic heterocycles. The van der Waals surface area contributed by atoms with E-state index < -0.39 is 0 Å². The van der Waals surface area contributed by atoms with E-state index in [1.807, 2.05) is 6.92 Å². The number of hydrogen-bond donors (Lipinski definition) is 1. The van der Waals surface area contributed by atoms with Gasteiger partial charge in [0.05, 0.1) is 11.2 Å². The molecule has 0 saturated carbocycles. The number of rotatable bonds is 4. The standard InChI is InChI=1S/C16H17ClFN3O/c1-10-4-13(17)8-21-16(10)22-15(11-2-3-19-6-11)12-5-14(18)9-20-7-12/h4-5,7-9,11,15,19H,2-3,6H2,1H3/t11-,15+/m0/s1. The Morgan fingerprint density at radius 1 is 1.36 bits per heavy atom. The summed E-state index contributed by atoms with van der Waals surface area (Å²) in [5, 5.41) is 3.88. The average Bonchev–Trinajstić information content (AvgIpc) is 3.00. The minimum Gasteiger partial charge on any atom is -0.469 e. The van der Waals surface area contributed by atoms with E-state index in [0.29, 0.717) is 10.9 Å². The van der Waals surface area contributed by atoms with Gasteiger partial charge in [-0.3, -0.25) is 4.98 Å². The molecule has 1 fully saturated rings. The molecule has 0 bridgehead atoms. The van der Waals surface area contributed by atoms with Crippen molar-refractivity contribution in [1.29, 1.82) is 0 Å². The van der Waals surface area contributed by atoms with Crippen molar-refractivity contribution >= 4 is 11.6 Å². The molecule has 1 saturated heterocycles. The van der Waals surface area contributed by atoms with Crippen LogP contribution >= 0.6 is 11.6 Å². The molecular formula is C16H17ClFN3O. The van der Waals surface area contributed by atoms with Crippen LogP contribution in [0.4, 0.5) is 4.39 Å². The van der Waals surface area contributed by atoms with Crippen molar-refractivity contribution in [3.05, 3.63) is 52.7 Å². The largest absolute Gasteiger partial charge is 0.469 e. The predicted octanol–water partition coefficient (Wildman–Crippen LogP) is 3.31. The monoisotopic (exact) mass is 321 g/mol. The first-order chi connectivity index (χ1) is 10.6. The van der Waals surface area contributed by atoms with Crippen LogP contribution in [0.3, 0.4) is 0 Å². The summed E-state index contributed by atoms with van der Waals surface area (Å²) >= 11 is 5.93. The highest BCUT2D eigenvalue weighted by Crippen LogP contribution is 2.32. The fraction of sp³-hybridized carbons (Fsp3) is 0.375. The highest BCUT2D eigenvalue weighted by molar-refractivity contribution is 6.30. The third-order valence-electron chi connectivity index (χ3n) is 3.82. The van der Waals surface area contributed by atoms with Gasteiger partial charge >= 0.3 is 0 Å². The van der Waals surface area contributed by atoms with Crippen molar-refractivity contribution < 1.29 is 9.13 Å². The molecule has 22 heavy (non-hydrogen) atoms. The van der Waals surface area contributed by atoms with Crippen molar-refractivity contribution in [2.75, 3.05) is 13.1 Å². The second kappa shape index (κ2) is 6.58. The van der Waals surface area contributed by atoms with E-state index >= 15 is 0 Å². The Morgan fingerprint density at radius 2 is 2.23 bits per heavy atom. The Bertz CT molecular complexity index is 662. The molecule has 3 heterocycles. The van der Waals surface area contributed by atoms with Gasteiger partial charge in [-0.15, -0.1) is 0 Å². The Balaban J connectivity index is 1.91. The SMILES string of the molecule is Cc1cc(Cl)cnc1O[C@@H](c1cncc(F)c1)[C@H]1CCNC1. The Morgan fingerprint density at radius 3 is 2.91 bits per heavy atom. The average molecular weight is 322 g/mol. The van der Waals surface area contributed by atoms with Crippen LogP contribution in [-0.4, -0.2) is 23.1 Å². The van der Waals surface area contributed by atoms with Gasteiger partial charge in [-0.1, -0.05) is 11.6 Å². The maximum atomic E-state index is 13.5. The molecular weight excluding hydrogens is 305 g/mol. The minimum atomic E-state index is -0.363. The number of ether oxygens (including phenoxy) is 1. The Labute approximate surface area is 133 Å². The highest BCUT2D eigenvalue weighted by atomic mass is 35.5. The molecule has 6 heteroatoms. The maximum Gasteiger partial charge on any atom is 0.216 e. The third-order valence-corrected chi connectivity index (χ3v) is 4.02. The lowest BCUT2D eigenvalue weighted by molar-refractivity contribution is 0.136. The third kappa shape index (κ3) is 3.36. The van der Waals surface area contributed by atoms with Crippen molar-refractivity contribution in [3.63, 3.8) is 0 Å². The van der Waals surface area contributed by atoms with Gasteiger partial charge in [-0.05, 0) is 32.0 Å². The van der Waals surface area contributed by atoms with Crippen LogP contribution in [0.2, 0.25) is 5.02 Å². The zero-order valence-electron chi connectivity index (χ0n) is 12.2. The van der Waals surface area contributed by atoms with Gasteiger partial charge in [0.2, 0.25) is 5.88 Å². The number of halogens is 2. The van der Waals surface area contributed by atoms with Gasteiger partial charge in [0.1, 0.15) is 11.9 Å². The molecule has 0 radical (unpaired) electrons. The molecule has 0 amide bonds. The lowest BCUT2D eigenvalue weighted by atomic mass is 9.96. The van der Waals surface area contributed by atoms with Gasteiger partial charge < -0.3 is 10.1 Å². The fourth-order valence-corrected chi connectivity index (χ4v) is 2.94. The summed E-state index contributed by atoms with van der Waals surface area (Å²) in [5.74, 6) is 0.406. The van der Waals surface area contributed by atoms with Gasteiger partial charge in [-0.2, -0.15) is 0 Å². The summed E-state index contributed by atoms with van der Waals surface area (Å²) in [7, 11) is 0. The number of nitrogens with one attached hydrogen (secondary N) is 1. The minimum absolute atomic E-state index is 0.250. The zero-order chi connectivity index (χ0) is 15.5. The highest BCUT2D eigenvalue weighted by Gasteiger charge is 2.29. The van der Waals surface area contributed by atoms with Crippen molar-refractivity contribution in [3.8, 4) is 5.88 Å². The van der Waals surface area contributed by atoms with Crippen LogP contribution in [-0.2, 0) is 0 Å². The lowest BCUT2D eigenvalue weighted by Crippen LogP contribution is -2.22. The second-order valence-corrected chi connectivity index (χ2v) is 5.94. The smallest absolute Gasteiger partial charge is 0.216 e. The lowest BCUT2D eigenvalue weighted by Gasteiger charge is -2.24. The molecule has 3 rings (SSSR count). The molecule has 2 aromatic rings. The quantitative estimate of drug-likeness (QED) is 0.938. The molecule has 0 unspecified atom stereocenters. The fourth-order valence-electron chi connectivity index (χ4n) is 2.73. The van der Waals surface area contributed by atoms with Gasteiger partial charge in [0.15, 0.2) is 0 Å². The summed E-state index contributed by atoms with van der Waals surface area (Å²) in [6.45, 7) is 3.65. The van der Waals surface area contributed by atoms with E-state index in [1.54, 1.807) is 18.5 Å². The molecule has 2 aromatic heterocycles. The molecule has 4 nitrogen and oxygen atoms in total. The normalized spacial score (nSPS) is 19.1. The van der Waals surface area contributed by atoms with Crippen molar-refractivity contribution in [2.24, 2.45) is 5.92 Å². The Kier molecular flexibility index (Phi) is 4.55. The van der Waals surface area contributed by atoms with Crippen molar-refractivity contribution in [1.82, 2.24) is 15.3 Å². The van der Waals surface area contributed by atoms with E-state index in [-0.39, 0.29) is 17.8 Å². The van der Waals surface area contributed by atoms with E-state index in [0.717, 1.165) is 30.6 Å². The van der Waals surface area contributed by atoms with Crippen LogP contribution in [0.5, 0.6) is 5.88 Å². The summed E-state index contributed by atoms with van der Waals surface area (Å²) in [5.41, 5.74) is 1.58. The molecule has 0 aliphatic carbocycles. The molecule has 0 spiro atoms. The van der Waals surface area contributed by atoms with E-state index in [4.69, 9.17) is 16.3 Å². The topological polar surface area (TPSA) is 47.0 Å². The van der Waals surface area contributed by atoms with E-state index in [2.05, 4.69) is 15.3 Å². The second-order valence-electron chi connectivity index (χ2n) is 5.50. The summed E-state index contributed by atoms with van der Waals surface area (Å²) in [6, 6.07) is 3.28. The van der Waals surface area contributed by atoms with Gasteiger partial charge in [-0.25, -0.2) is 9.37 Å². The molecule has 2 atom stereocenters. The molecule has 1 N–H and O–H groups in total. The predicted molar refractivity (Wildman–Crippen MR) is 82.5 cm³/mol. The van der Waals surface area contributed by atoms with E-state index in [9.17, 15) is 4.39 Å². The number of pyridine rings is 2. The van der Waals surface area contributed by atoms with Crippen molar-refractivity contribution in [2.45, 2.75) is 19.4 Å². The number of aromatic nitrogens is 2. The van der Waals surface area contributed by atoms with Crippen LogP contribution < -0.4 is 10.1 Å². The number of hydrogen-bond acceptors (Lipinski definition) is 4. The first-order valence-electron chi connectivity index (χ1n) is 7.23. The number of nitrogens with zero attached hydrogens (tertiary/aromatic N) is 2. The summed E-state index contributed by atoms with van der Waals surface area (Å²) in [4.78, 5) is 8.19. The summed E-state index contributed by atoms with van der Waals surface area (Å²) < 4.78 is 19.6. The maximum absolute atomic E-state index is 13.5. The molecule has 0 aromatic carbocycles. The number of aryl methyl sites for hydroxylation is 1. The van der Waals surface area contributed by atoms with Crippen LogP contribution in [0.15, 0.2) is 30.7 Å². The first-order valence-corrected chi connectivity index (χ1v) is 7.61. The Hall–Kier alpha value is -1.72. The first kappa shape index (κ1) is 15.2. The zero-order valence-corrected chi connectivity index (χ0v) is 13.0. The summed E-state index contributed by atoms with van der Waals surface area (Å²) in [6.07, 6.45) is 5.08. The van der Waals surface area contributed by atoms with Gasteiger partial charge in [0.25, 0.3) is 0 Å². The van der Waals surface area contributed by atoms with Crippen LogP contribution in [0.25, 0.3) is 0 Å².